The normalized spacial score (nSPS) is 23.4. The molecular formula is C16H21BrN2O4. The number of aliphatic hydroxyl groups excluding tert-OH is 2. The number of likely N-dealkylation sites (tertiary alicyclic amines) is 1. The average Bonchev–Trinajstić information content (AvgIpc) is 2.89. The summed E-state index contributed by atoms with van der Waals surface area (Å²) < 4.78 is 0.905. The predicted octanol–water partition coefficient (Wildman–Crippen LogP) is 0.969. The molecule has 23 heavy (non-hydrogen) atoms. The zero-order chi connectivity index (χ0) is 17.1. The quantitative estimate of drug-likeness (QED) is 0.721. The molecule has 0 spiro atoms. The van der Waals surface area contributed by atoms with E-state index >= 15 is 0 Å². The maximum atomic E-state index is 12.4. The number of carbonyl (C=O) groups is 2. The van der Waals surface area contributed by atoms with E-state index < -0.39 is 24.3 Å². The van der Waals surface area contributed by atoms with Crippen LogP contribution in [0.2, 0.25) is 0 Å². The Morgan fingerprint density at radius 3 is 2.52 bits per heavy atom. The maximum absolute atomic E-state index is 12.4. The van der Waals surface area contributed by atoms with Gasteiger partial charge in [-0.25, -0.2) is 0 Å². The van der Waals surface area contributed by atoms with Crippen molar-refractivity contribution in [2.24, 2.45) is 0 Å². The van der Waals surface area contributed by atoms with Crippen LogP contribution >= 0.6 is 15.9 Å². The van der Waals surface area contributed by atoms with Gasteiger partial charge in [-0.1, -0.05) is 28.1 Å². The first-order valence-corrected chi connectivity index (χ1v) is 8.28. The number of nitrogens with zero attached hydrogens (tertiary/aromatic N) is 1. The Kier molecular flexibility index (Phi) is 5.78. The third-order valence-corrected chi connectivity index (χ3v) is 4.57. The van der Waals surface area contributed by atoms with Gasteiger partial charge in [0.25, 0.3) is 0 Å². The van der Waals surface area contributed by atoms with Gasteiger partial charge in [-0.2, -0.15) is 0 Å². The van der Waals surface area contributed by atoms with Gasteiger partial charge in [0.05, 0.1) is 18.2 Å². The molecule has 1 aromatic rings. The van der Waals surface area contributed by atoms with Gasteiger partial charge in [-0.3, -0.25) is 9.59 Å². The number of hydrogen-bond acceptors (Lipinski definition) is 4. The molecule has 1 saturated heterocycles. The number of aliphatic hydroxyl groups is 2. The zero-order valence-electron chi connectivity index (χ0n) is 13.1. The van der Waals surface area contributed by atoms with E-state index in [0.717, 1.165) is 4.47 Å². The highest BCUT2D eigenvalue weighted by atomic mass is 79.9. The first kappa shape index (κ1) is 17.9. The Balaban J connectivity index is 2.01. The highest BCUT2D eigenvalue weighted by Crippen LogP contribution is 2.22. The molecule has 6 nitrogen and oxygen atoms in total. The van der Waals surface area contributed by atoms with Crippen molar-refractivity contribution in [2.45, 2.75) is 44.6 Å². The average molecular weight is 385 g/mol. The highest BCUT2D eigenvalue weighted by molar-refractivity contribution is 9.10. The largest absolute Gasteiger partial charge is 0.391 e. The lowest BCUT2D eigenvalue weighted by molar-refractivity contribution is -0.137. The minimum Gasteiger partial charge on any atom is -0.391 e. The SMILES string of the molecule is CC(=O)N1C[C@H](O)C[C@H]1C(=O)NC(C)C(O)c1ccc(Br)cc1. The van der Waals surface area contributed by atoms with Gasteiger partial charge in [-0.15, -0.1) is 0 Å². The second-order valence-corrected chi connectivity index (χ2v) is 6.79. The molecule has 0 aromatic heterocycles. The van der Waals surface area contributed by atoms with Crippen LogP contribution in [0.1, 0.15) is 31.9 Å². The van der Waals surface area contributed by atoms with Gasteiger partial charge in [0.1, 0.15) is 6.04 Å². The molecule has 0 radical (unpaired) electrons. The minimum atomic E-state index is -0.857. The fourth-order valence-electron chi connectivity index (χ4n) is 2.76. The molecule has 3 N–H and O–H groups in total. The van der Waals surface area contributed by atoms with Crippen LogP contribution in [0.25, 0.3) is 0 Å². The van der Waals surface area contributed by atoms with Gasteiger partial charge in [-0.05, 0) is 24.6 Å². The van der Waals surface area contributed by atoms with E-state index in [1.54, 1.807) is 19.1 Å². The van der Waals surface area contributed by atoms with E-state index in [1.165, 1.54) is 11.8 Å². The van der Waals surface area contributed by atoms with Gasteiger partial charge in [0.2, 0.25) is 11.8 Å². The van der Waals surface area contributed by atoms with Crippen LogP contribution in [0, 0.1) is 0 Å². The molecule has 126 valence electrons. The van der Waals surface area contributed by atoms with Crippen molar-refractivity contribution in [1.82, 2.24) is 10.2 Å². The fraction of sp³-hybridized carbons (Fsp3) is 0.500. The third kappa shape index (κ3) is 4.31. The van der Waals surface area contributed by atoms with Crippen molar-refractivity contribution in [3.8, 4) is 0 Å². The summed E-state index contributed by atoms with van der Waals surface area (Å²) in [6.07, 6.45) is -1.34. The summed E-state index contributed by atoms with van der Waals surface area (Å²) in [6, 6.07) is 5.98. The van der Waals surface area contributed by atoms with E-state index in [9.17, 15) is 19.8 Å². The van der Waals surface area contributed by atoms with Gasteiger partial charge in [0, 0.05) is 24.4 Å². The van der Waals surface area contributed by atoms with Crippen molar-refractivity contribution in [2.75, 3.05) is 6.54 Å². The highest BCUT2D eigenvalue weighted by Gasteiger charge is 2.38. The first-order valence-electron chi connectivity index (χ1n) is 7.48. The molecule has 2 rings (SSSR count). The van der Waals surface area contributed by atoms with Crippen LogP contribution in [0.5, 0.6) is 0 Å². The van der Waals surface area contributed by atoms with E-state index in [1.807, 2.05) is 12.1 Å². The van der Waals surface area contributed by atoms with E-state index in [-0.39, 0.29) is 24.8 Å². The van der Waals surface area contributed by atoms with Crippen molar-refractivity contribution < 1.29 is 19.8 Å². The topological polar surface area (TPSA) is 89.9 Å². The molecule has 7 heteroatoms. The number of carbonyl (C=O) groups excluding carboxylic acids is 2. The Bertz CT molecular complexity index is 578. The zero-order valence-corrected chi connectivity index (χ0v) is 14.7. The summed E-state index contributed by atoms with van der Waals surface area (Å²) in [6.45, 7) is 3.24. The molecule has 1 fully saturated rings. The second-order valence-electron chi connectivity index (χ2n) is 5.87. The first-order chi connectivity index (χ1) is 10.8. The summed E-state index contributed by atoms with van der Waals surface area (Å²) in [5, 5.41) is 22.8. The van der Waals surface area contributed by atoms with Crippen molar-refractivity contribution >= 4 is 27.7 Å². The van der Waals surface area contributed by atoms with Crippen LogP contribution in [-0.4, -0.2) is 51.7 Å². The van der Waals surface area contributed by atoms with Crippen LogP contribution in [-0.2, 0) is 9.59 Å². The number of benzene rings is 1. The number of rotatable bonds is 4. The van der Waals surface area contributed by atoms with Crippen molar-refractivity contribution in [1.29, 1.82) is 0 Å². The van der Waals surface area contributed by atoms with Crippen LogP contribution in [0.4, 0.5) is 0 Å². The minimum absolute atomic E-state index is 0.164. The lowest BCUT2D eigenvalue weighted by Gasteiger charge is -2.26. The molecule has 0 saturated carbocycles. The van der Waals surface area contributed by atoms with E-state index in [0.29, 0.717) is 5.56 Å². The Morgan fingerprint density at radius 2 is 1.96 bits per heavy atom. The van der Waals surface area contributed by atoms with Gasteiger partial charge >= 0.3 is 0 Å². The van der Waals surface area contributed by atoms with Gasteiger partial charge < -0.3 is 20.4 Å². The Hall–Kier alpha value is -1.44. The molecule has 2 unspecified atom stereocenters. The molecule has 4 atom stereocenters. The van der Waals surface area contributed by atoms with Crippen molar-refractivity contribution in [3.05, 3.63) is 34.3 Å². The smallest absolute Gasteiger partial charge is 0.243 e. The van der Waals surface area contributed by atoms with Crippen LogP contribution < -0.4 is 5.32 Å². The van der Waals surface area contributed by atoms with Crippen molar-refractivity contribution in [3.63, 3.8) is 0 Å². The van der Waals surface area contributed by atoms with Gasteiger partial charge in [0.15, 0.2) is 0 Å². The standard InChI is InChI=1S/C16H21BrN2O4/c1-9(15(22)11-3-5-12(17)6-4-11)18-16(23)14-7-13(21)8-19(14)10(2)20/h3-6,9,13-15,21-22H,7-8H2,1-2H3,(H,18,23)/t9?,13-,14+,15?/m1/s1. The summed E-state index contributed by atoms with van der Waals surface area (Å²) in [5.74, 6) is -0.608. The Labute approximate surface area is 143 Å². The lowest BCUT2D eigenvalue weighted by Crippen LogP contribution is -2.48. The number of nitrogens with one attached hydrogen (secondary N) is 1. The lowest BCUT2D eigenvalue weighted by atomic mass is 10.0. The molecular weight excluding hydrogens is 364 g/mol. The van der Waals surface area contributed by atoms with Crippen LogP contribution in [0.3, 0.4) is 0 Å². The number of hydrogen-bond donors (Lipinski definition) is 3. The molecule has 1 heterocycles. The monoisotopic (exact) mass is 384 g/mol. The third-order valence-electron chi connectivity index (χ3n) is 4.04. The molecule has 2 amide bonds. The second kappa shape index (κ2) is 7.42. The number of β-amino-alcohol motifs (C(OH)–C–C–N with tert-alkyl or cyclic N) is 1. The number of halogens is 1. The summed E-state index contributed by atoms with van der Waals surface area (Å²) in [5.41, 5.74) is 0.691. The Morgan fingerprint density at radius 1 is 1.35 bits per heavy atom. The summed E-state index contributed by atoms with van der Waals surface area (Å²) >= 11 is 3.33. The summed E-state index contributed by atoms with van der Waals surface area (Å²) in [7, 11) is 0. The number of amides is 2. The molecule has 1 aliphatic heterocycles. The van der Waals surface area contributed by atoms with E-state index in [2.05, 4.69) is 21.2 Å². The van der Waals surface area contributed by atoms with Crippen LogP contribution in [0.15, 0.2) is 28.7 Å². The maximum Gasteiger partial charge on any atom is 0.243 e. The molecule has 0 aliphatic carbocycles. The molecule has 1 aliphatic rings. The molecule has 1 aromatic carbocycles. The fourth-order valence-corrected chi connectivity index (χ4v) is 3.02. The predicted molar refractivity (Wildman–Crippen MR) is 88.5 cm³/mol. The molecule has 0 bridgehead atoms. The summed E-state index contributed by atoms with van der Waals surface area (Å²) in [4.78, 5) is 25.3. The van der Waals surface area contributed by atoms with E-state index in [4.69, 9.17) is 0 Å².